The molecule has 0 aliphatic carbocycles. The van der Waals surface area contributed by atoms with Crippen LogP contribution < -0.4 is 0 Å². The Morgan fingerprint density at radius 1 is 0.742 bits per heavy atom. The summed E-state index contributed by atoms with van der Waals surface area (Å²) in [6.45, 7) is 24.7. The minimum absolute atomic E-state index is 0.338. The zero-order valence-electron chi connectivity index (χ0n) is 22.1. The zero-order chi connectivity index (χ0) is 23.0. The molecule has 0 aromatic rings. The highest BCUT2D eigenvalue weighted by Gasteiger charge is 2.50. The summed E-state index contributed by atoms with van der Waals surface area (Å²) in [7, 11) is 0. The lowest BCUT2D eigenvalue weighted by Crippen LogP contribution is -2.49. The van der Waals surface area contributed by atoms with Crippen LogP contribution in [0.4, 0.5) is 0 Å². The highest BCUT2D eigenvalue weighted by molar-refractivity contribution is 4.97. The van der Waals surface area contributed by atoms with E-state index in [2.05, 4.69) is 69.2 Å². The van der Waals surface area contributed by atoms with Gasteiger partial charge in [-0.15, -0.1) is 0 Å². The maximum Gasteiger partial charge on any atom is 0.0636 e. The molecule has 3 fully saturated rings. The van der Waals surface area contributed by atoms with Crippen LogP contribution in [0.1, 0.15) is 88.5 Å². The van der Waals surface area contributed by atoms with E-state index in [4.69, 9.17) is 14.2 Å². The van der Waals surface area contributed by atoms with Crippen molar-refractivity contribution in [3.63, 3.8) is 0 Å². The first kappa shape index (κ1) is 25.5. The van der Waals surface area contributed by atoms with E-state index in [1.54, 1.807) is 0 Å². The molecule has 0 spiro atoms. The minimum atomic E-state index is 0.338. The fraction of sp³-hybridized carbons (Fsp3) is 1.00. The van der Waals surface area contributed by atoms with Crippen molar-refractivity contribution in [2.45, 2.75) is 119 Å². The molecule has 0 bridgehead atoms. The van der Waals surface area contributed by atoms with Crippen LogP contribution in [0.25, 0.3) is 0 Å². The zero-order valence-corrected chi connectivity index (χ0v) is 22.1. The third kappa shape index (κ3) is 5.04. The van der Waals surface area contributed by atoms with Crippen molar-refractivity contribution in [1.82, 2.24) is 0 Å². The highest BCUT2D eigenvalue weighted by Crippen LogP contribution is 2.49. The summed E-state index contributed by atoms with van der Waals surface area (Å²) in [5, 5.41) is 0. The monoisotopic (exact) mass is 436 g/mol. The molecule has 13 atom stereocenters. The fourth-order valence-corrected chi connectivity index (χ4v) is 7.49. The van der Waals surface area contributed by atoms with Crippen molar-refractivity contribution in [3.8, 4) is 0 Å². The van der Waals surface area contributed by atoms with Gasteiger partial charge in [0.05, 0.1) is 30.5 Å². The Hall–Kier alpha value is -0.120. The Labute approximate surface area is 193 Å². The molecule has 3 heteroatoms. The van der Waals surface area contributed by atoms with Gasteiger partial charge in [-0.1, -0.05) is 62.3 Å². The van der Waals surface area contributed by atoms with E-state index in [-0.39, 0.29) is 0 Å². The molecule has 0 radical (unpaired) electrons. The van der Waals surface area contributed by atoms with E-state index in [9.17, 15) is 0 Å². The molecule has 3 rings (SSSR count). The summed E-state index contributed by atoms with van der Waals surface area (Å²) in [6, 6.07) is 0. The first-order valence-corrected chi connectivity index (χ1v) is 13.5. The second-order valence-corrected chi connectivity index (χ2v) is 12.1. The molecule has 182 valence electrons. The maximum atomic E-state index is 6.95. The predicted molar refractivity (Wildman–Crippen MR) is 129 cm³/mol. The van der Waals surface area contributed by atoms with Crippen molar-refractivity contribution < 1.29 is 14.2 Å². The summed E-state index contributed by atoms with van der Waals surface area (Å²) in [6.07, 6.45) is 5.43. The van der Waals surface area contributed by atoms with Crippen molar-refractivity contribution in [2.75, 3.05) is 6.61 Å². The van der Waals surface area contributed by atoms with Gasteiger partial charge in [-0.25, -0.2) is 0 Å². The van der Waals surface area contributed by atoms with Crippen LogP contribution in [0.3, 0.4) is 0 Å². The van der Waals surface area contributed by atoms with Crippen molar-refractivity contribution >= 4 is 0 Å². The maximum absolute atomic E-state index is 6.95. The topological polar surface area (TPSA) is 27.7 Å². The molecular weight excluding hydrogens is 384 g/mol. The SMILES string of the molecule is CCC1OC(C)C(C)C(C(C)C2OC(C(C)C)C(CCC3OCC(C)C3C)C2C)C1C. The second kappa shape index (κ2) is 10.4. The Morgan fingerprint density at radius 2 is 1.42 bits per heavy atom. The Balaban J connectivity index is 1.72. The van der Waals surface area contributed by atoms with E-state index >= 15 is 0 Å². The van der Waals surface area contributed by atoms with Crippen LogP contribution in [-0.2, 0) is 14.2 Å². The predicted octanol–water partition coefficient (Wildman–Crippen LogP) is 6.84. The molecule has 0 aromatic carbocycles. The number of rotatable bonds is 7. The van der Waals surface area contributed by atoms with Crippen molar-refractivity contribution in [3.05, 3.63) is 0 Å². The Bertz CT molecular complexity index is 562. The summed E-state index contributed by atoms with van der Waals surface area (Å²) in [5.41, 5.74) is 0. The third-order valence-electron chi connectivity index (χ3n) is 9.89. The largest absolute Gasteiger partial charge is 0.378 e. The van der Waals surface area contributed by atoms with Gasteiger partial charge < -0.3 is 14.2 Å². The molecule has 31 heavy (non-hydrogen) atoms. The number of ether oxygens (including phenoxy) is 3. The van der Waals surface area contributed by atoms with E-state index < -0.39 is 0 Å². The van der Waals surface area contributed by atoms with Crippen molar-refractivity contribution in [1.29, 1.82) is 0 Å². The average Bonchev–Trinajstić information content (AvgIpc) is 3.22. The molecule has 3 nitrogen and oxygen atoms in total. The molecule has 0 aromatic heterocycles. The highest BCUT2D eigenvalue weighted by atomic mass is 16.5. The van der Waals surface area contributed by atoms with Gasteiger partial charge in [-0.3, -0.25) is 0 Å². The summed E-state index contributed by atoms with van der Waals surface area (Å²) >= 11 is 0. The van der Waals surface area contributed by atoms with Gasteiger partial charge in [0.1, 0.15) is 0 Å². The average molecular weight is 437 g/mol. The summed E-state index contributed by atoms with van der Waals surface area (Å²) < 4.78 is 19.5. The lowest BCUT2D eigenvalue weighted by molar-refractivity contribution is -0.157. The van der Waals surface area contributed by atoms with Gasteiger partial charge in [-0.2, -0.15) is 0 Å². The molecule has 0 N–H and O–H groups in total. The lowest BCUT2D eigenvalue weighted by Gasteiger charge is -2.48. The van der Waals surface area contributed by atoms with Crippen LogP contribution in [-0.4, -0.2) is 37.1 Å². The van der Waals surface area contributed by atoms with E-state index in [1.165, 1.54) is 12.8 Å². The molecule has 0 amide bonds. The van der Waals surface area contributed by atoms with E-state index in [0.29, 0.717) is 83.8 Å². The van der Waals surface area contributed by atoms with E-state index in [1.807, 2.05) is 0 Å². The quantitative estimate of drug-likeness (QED) is 0.437. The smallest absolute Gasteiger partial charge is 0.0636 e. The van der Waals surface area contributed by atoms with Gasteiger partial charge in [0.2, 0.25) is 0 Å². The summed E-state index contributed by atoms with van der Waals surface area (Å²) in [4.78, 5) is 0. The van der Waals surface area contributed by atoms with Crippen molar-refractivity contribution in [2.24, 2.45) is 53.3 Å². The first-order chi connectivity index (χ1) is 14.6. The second-order valence-electron chi connectivity index (χ2n) is 12.1. The van der Waals surface area contributed by atoms with Gasteiger partial charge in [-0.05, 0) is 79.4 Å². The number of hydrogen-bond donors (Lipinski definition) is 0. The van der Waals surface area contributed by atoms with Gasteiger partial charge >= 0.3 is 0 Å². The molecule has 3 heterocycles. The Kier molecular flexibility index (Phi) is 8.58. The van der Waals surface area contributed by atoms with E-state index in [0.717, 1.165) is 13.0 Å². The fourth-order valence-electron chi connectivity index (χ4n) is 7.49. The van der Waals surface area contributed by atoms with Crippen LogP contribution in [0.2, 0.25) is 0 Å². The normalized spacial score (nSPS) is 49.6. The minimum Gasteiger partial charge on any atom is -0.378 e. The lowest BCUT2D eigenvalue weighted by atomic mass is 9.65. The van der Waals surface area contributed by atoms with Crippen LogP contribution in [0.15, 0.2) is 0 Å². The van der Waals surface area contributed by atoms with Gasteiger partial charge in [0.25, 0.3) is 0 Å². The molecule has 3 saturated heterocycles. The van der Waals surface area contributed by atoms with Crippen LogP contribution in [0, 0.1) is 53.3 Å². The number of hydrogen-bond acceptors (Lipinski definition) is 3. The van der Waals surface area contributed by atoms with Crippen LogP contribution >= 0.6 is 0 Å². The molecule has 3 aliphatic rings. The molecular formula is C28H52O3. The first-order valence-electron chi connectivity index (χ1n) is 13.5. The Morgan fingerprint density at radius 3 is 1.97 bits per heavy atom. The standard InChI is InChI=1S/C28H52O3/c1-11-24-20(8)26(18(6)22(10)30-24)21(9)28-19(7)23(27(31-28)15(2)3)12-13-25-17(5)16(4)14-29-25/h15-28H,11-14H2,1-10H3. The summed E-state index contributed by atoms with van der Waals surface area (Å²) in [5.74, 6) is 5.58. The molecule has 13 unspecified atom stereocenters. The molecule has 0 saturated carbocycles. The molecule has 3 aliphatic heterocycles. The van der Waals surface area contributed by atoms with Gasteiger partial charge in [0, 0.05) is 6.61 Å². The third-order valence-corrected chi connectivity index (χ3v) is 9.89. The van der Waals surface area contributed by atoms with Crippen LogP contribution in [0.5, 0.6) is 0 Å². The van der Waals surface area contributed by atoms with Gasteiger partial charge in [0.15, 0.2) is 0 Å².